The molecule has 1 N–H and O–H groups in total. The Morgan fingerprint density at radius 3 is 2.75 bits per heavy atom. The number of ether oxygens (including phenoxy) is 2. The highest BCUT2D eigenvalue weighted by atomic mass is 35.5. The molecule has 3 aromatic rings. The second-order valence-electron chi connectivity index (χ2n) is 6.30. The van der Waals surface area contributed by atoms with E-state index in [0.717, 1.165) is 22.0 Å². The van der Waals surface area contributed by atoms with Crippen molar-refractivity contribution in [3.05, 3.63) is 58.7 Å². The number of carbonyl (C=O) groups is 1. The monoisotopic (exact) mass is 399 g/mol. The van der Waals surface area contributed by atoms with Crippen molar-refractivity contribution < 1.29 is 14.3 Å². The Hall–Kier alpha value is -2.99. The van der Waals surface area contributed by atoms with Gasteiger partial charge in [0.2, 0.25) is 5.91 Å². The lowest BCUT2D eigenvalue weighted by molar-refractivity contribution is -0.121. The van der Waals surface area contributed by atoms with E-state index in [4.69, 9.17) is 21.1 Å². The standard InChI is InChI=1S/C21H22ClN3O3/c1-14-5-4-6-17-21(14)16(22)13-25(17)10-9-20(26)24-23-12-15-7-8-18(27-2)19(11-15)28-3/h4-8,11-13H,9-10H2,1-3H3,(H,24,26)/b23-12+. The fourth-order valence-corrected chi connectivity index (χ4v) is 3.41. The van der Waals surface area contributed by atoms with Crippen LogP contribution < -0.4 is 14.9 Å². The number of hydrazone groups is 1. The summed E-state index contributed by atoms with van der Waals surface area (Å²) in [6.07, 6.45) is 3.71. The molecule has 0 aliphatic carbocycles. The van der Waals surface area contributed by atoms with Crippen molar-refractivity contribution in [1.82, 2.24) is 9.99 Å². The Morgan fingerprint density at radius 1 is 1.21 bits per heavy atom. The number of methoxy groups -OCH3 is 2. The van der Waals surface area contributed by atoms with Crippen molar-refractivity contribution in [2.45, 2.75) is 19.9 Å². The number of nitrogens with zero attached hydrogens (tertiary/aromatic N) is 2. The topological polar surface area (TPSA) is 64.8 Å². The van der Waals surface area contributed by atoms with E-state index in [1.54, 1.807) is 32.6 Å². The Kier molecular flexibility index (Phi) is 6.21. The molecule has 0 atom stereocenters. The Balaban J connectivity index is 1.60. The van der Waals surface area contributed by atoms with Crippen molar-refractivity contribution in [1.29, 1.82) is 0 Å². The molecule has 1 heterocycles. The highest BCUT2D eigenvalue weighted by Crippen LogP contribution is 2.29. The van der Waals surface area contributed by atoms with Crippen LogP contribution in [0, 0.1) is 6.92 Å². The van der Waals surface area contributed by atoms with Crippen molar-refractivity contribution in [3.8, 4) is 11.5 Å². The zero-order valence-electron chi connectivity index (χ0n) is 16.0. The molecule has 146 valence electrons. The lowest BCUT2D eigenvalue weighted by Crippen LogP contribution is -2.19. The van der Waals surface area contributed by atoms with Crippen LogP contribution in [0.2, 0.25) is 5.02 Å². The van der Waals surface area contributed by atoms with E-state index < -0.39 is 0 Å². The summed E-state index contributed by atoms with van der Waals surface area (Å²) in [5.74, 6) is 1.06. The molecule has 6 nitrogen and oxygen atoms in total. The largest absolute Gasteiger partial charge is 0.493 e. The number of carbonyl (C=O) groups excluding carboxylic acids is 1. The number of amides is 1. The molecule has 0 bridgehead atoms. The van der Waals surface area contributed by atoms with Crippen LogP contribution in [0.1, 0.15) is 17.5 Å². The number of nitrogens with one attached hydrogen (secondary N) is 1. The second kappa shape index (κ2) is 8.80. The van der Waals surface area contributed by atoms with Gasteiger partial charge in [-0.2, -0.15) is 5.10 Å². The van der Waals surface area contributed by atoms with Gasteiger partial charge in [0.15, 0.2) is 11.5 Å². The highest BCUT2D eigenvalue weighted by Gasteiger charge is 2.10. The average Bonchev–Trinajstić information content (AvgIpc) is 3.03. The van der Waals surface area contributed by atoms with Gasteiger partial charge in [0, 0.05) is 30.1 Å². The SMILES string of the molecule is COc1ccc(/C=N/NC(=O)CCn2cc(Cl)c3c(C)cccc32)cc1OC. The number of aryl methyl sites for hydroxylation is 2. The van der Waals surface area contributed by atoms with E-state index in [2.05, 4.69) is 10.5 Å². The number of aromatic nitrogens is 1. The first-order valence-electron chi connectivity index (χ1n) is 8.81. The molecule has 0 aliphatic heterocycles. The van der Waals surface area contributed by atoms with E-state index >= 15 is 0 Å². The normalized spacial score (nSPS) is 11.1. The maximum Gasteiger partial charge on any atom is 0.241 e. The maximum atomic E-state index is 12.1. The summed E-state index contributed by atoms with van der Waals surface area (Å²) in [6, 6.07) is 11.4. The first kappa shape index (κ1) is 19.8. The van der Waals surface area contributed by atoms with Gasteiger partial charge in [-0.15, -0.1) is 0 Å². The lowest BCUT2D eigenvalue weighted by atomic mass is 10.1. The third-order valence-corrected chi connectivity index (χ3v) is 4.75. The number of halogens is 1. The predicted molar refractivity (Wildman–Crippen MR) is 112 cm³/mol. The number of hydrogen-bond acceptors (Lipinski definition) is 4. The zero-order chi connectivity index (χ0) is 20.1. The minimum absolute atomic E-state index is 0.178. The fourth-order valence-electron chi connectivity index (χ4n) is 3.05. The van der Waals surface area contributed by atoms with Gasteiger partial charge in [-0.3, -0.25) is 4.79 Å². The van der Waals surface area contributed by atoms with Gasteiger partial charge in [0.25, 0.3) is 0 Å². The van der Waals surface area contributed by atoms with E-state index in [-0.39, 0.29) is 12.3 Å². The smallest absolute Gasteiger partial charge is 0.241 e. The molecule has 3 rings (SSSR count). The van der Waals surface area contributed by atoms with Gasteiger partial charge in [-0.1, -0.05) is 23.7 Å². The maximum absolute atomic E-state index is 12.1. The molecule has 2 aromatic carbocycles. The molecule has 7 heteroatoms. The molecule has 1 amide bonds. The first-order chi connectivity index (χ1) is 13.5. The quantitative estimate of drug-likeness (QED) is 0.479. The molecule has 0 aliphatic rings. The van der Waals surface area contributed by atoms with Crippen LogP contribution in [-0.2, 0) is 11.3 Å². The first-order valence-corrected chi connectivity index (χ1v) is 9.19. The minimum Gasteiger partial charge on any atom is -0.493 e. The fraction of sp³-hybridized carbons (Fsp3) is 0.238. The summed E-state index contributed by atoms with van der Waals surface area (Å²) >= 11 is 6.33. The molecule has 28 heavy (non-hydrogen) atoms. The summed E-state index contributed by atoms with van der Waals surface area (Å²) in [6.45, 7) is 2.54. The van der Waals surface area contributed by atoms with Gasteiger partial charge in [-0.05, 0) is 42.3 Å². The zero-order valence-corrected chi connectivity index (χ0v) is 16.8. The van der Waals surface area contributed by atoms with Crippen LogP contribution in [-0.4, -0.2) is 30.9 Å². The molecule has 0 saturated heterocycles. The van der Waals surface area contributed by atoms with Crippen LogP contribution in [0.5, 0.6) is 11.5 Å². The predicted octanol–water partition coefficient (Wildman–Crippen LogP) is 4.16. The van der Waals surface area contributed by atoms with Crippen molar-refractivity contribution >= 4 is 34.6 Å². The number of rotatable bonds is 7. The van der Waals surface area contributed by atoms with Crippen molar-refractivity contribution in [2.75, 3.05) is 14.2 Å². The van der Waals surface area contributed by atoms with Gasteiger partial charge < -0.3 is 14.0 Å². The summed E-state index contributed by atoms with van der Waals surface area (Å²) in [4.78, 5) is 12.1. The molecule has 0 unspecified atom stereocenters. The number of hydrogen-bond donors (Lipinski definition) is 1. The number of benzene rings is 2. The Bertz CT molecular complexity index is 1030. The van der Waals surface area contributed by atoms with Crippen LogP contribution in [0.3, 0.4) is 0 Å². The minimum atomic E-state index is -0.178. The van der Waals surface area contributed by atoms with Crippen molar-refractivity contribution in [2.24, 2.45) is 5.10 Å². The Morgan fingerprint density at radius 2 is 2.00 bits per heavy atom. The summed E-state index contributed by atoms with van der Waals surface area (Å²) in [5, 5.41) is 5.73. The summed E-state index contributed by atoms with van der Waals surface area (Å²) in [7, 11) is 3.15. The molecule has 0 radical (unpaired) electrons. The molecular formula is C21H22ClN3O3. The molecule has 0 saturated carbocycles. The second-order valence-corrected chi connectivity index (χ2v) is 6.70. The van der Waals surface area contributed by atoms with E-state index in [0.29, 0.717) is 23.1 Å². The third kappa shape index (κ3) is 4.28. The van der Waals surface area contributed by atoms with E-state index in [9.17, 15) is 4.79 Å². The van der Waals surface area contributed by atoms with Gasteiger partial charge in [-0.25, -0.2) is 5.43 Å². The van der Waals surface area contributed by atoms with Gasteiger partial charge in [0.05, 0.1) is 25.5 Å². The lowest BCUT2D eigenvalue weighted by Gasteiger charge is -2.07. The van der Waals surface area contributed by atoms with Crippen LogP contribution in [0.25, 0.3) is 10.9 Å². The summed E-state index contributed by atoms with van der Waals surface area (Å²) < 4.78 is 12.4. The number of fused-ring (bicyclic) bond motifs is 1. The molecule has 0 spiro atoms. The van der Waals surface area contributed by atoms with Crippen molar-refractivity contribution in [3.63, 3.8) is 0 Å². The van der Waals surface area contributed by atoms with Crippen LogP contribution >= 0.6 is 11.6 Å². The third-order valence-electron chi connectivity index (χ3n) is 4.46. The molecule has 0 fully saturated rings. The summed E-state index contributed by atoms with van der Waals surface area (Å²) in [5.41, 5.74) is 5.47. The van der Waals surface area contributed by atoms with E-state index in [1.807, 2.05) is 42.0 Å². The van der Waals surface area contributed by atoms with Crippen LogP contribution in [0.15, 0.2) is 47.7 Å². The molecule has 1 aromatic heterocycles. The van der Waals surface area contributed by atoms with E-state index in [1.165, 1.54) is 0 Å². The van der Waals surface area contributed by atoms with Crippen LogP contribution in [0.4, 0.5) is 0 Å². The van der Waals surface area contributed by atoms with Gasteiger partial charge in [0.1, 0.15) is 0 Å². The molecular weight excluding hydrogens is 378 g/mol. The Labute approximate surface area is 168 Å². The highest BCUT2D eigenvalue weighted by molar-refractivity contribution is 6.35. The average molecular weight is 400 g/mol. The van der Waals surface area contributed by atoms with Gasteiger partial charge >= 0.3 is 0 Å².